The fourth-order valence-electron chi connectivity index (χ4n) is 1.56. The number of aromatic nitrogens is 1. The van der Waals surface area contributed by atoms with Gasteiger partial charge in [0.2, 0.25) is 0 Å². The van der Waals surface area contributed by atoms with E-state index in [4.69, 9.17) is 22.1 Å². The maximum absolute atomic E-state index is 12.3. The molecule has 0 radical (unpaired) electrons. The van der Waals surface area contributed by atoms with Crippen molar-refractivity contribution >= 4 is 33.1 Å². The van der Waals surface area contributed by atoms with E-state index in [2.05, 4.69) is 9.71 Å². The van der Waals surface area contributed by atoms with Crippen LogP contribution in [0.1, 0.15) is 0 Å². The lowest BCUT2D eigenvalue weighted by Gasteiger charge is -2.11. The van der Waals surface area contributed by atoms with Crippen LogP contribution in [0.4, 0.5) is 11.5 Å². The molecule has 0 fully saturated rings. The first-order valence-corrected chi connectivity index (χ1v) is 7.37. The Morgan fingerprint density at radius 2 is 2.05 bits per heavy atom. The Balaban J connectivity index is 2.40. The van der Waals surface area contributed by atoms with Crippen molar-refractivity contribution < 1.29 is 13.2 Å². The Kier molecular flexibility index (Phi) is 4.01. The van der Waals surface area contributed by atoms with E-state index < -0.39 is 10.0 Å². The molecule has 0 bridgehead atoms. The Hall–Kier alpha value is -1.99. The van der Waals surface area contributed by atoms with E-state index >= 15 is 0 Å². The number of rotatable bonds is 4. The minimum atomic E-state index is -3.84. The van der Waals surface area contributed by atoms with E-state index in [0.717, 1.165) is 0 Å². The van der Waals surface area contributed by atoms with Gasteiger partial charge >= 0.3 is 0 Å². The zero-order valence-electron chi connectivity index (χ0n) is 10.5. The summed E-state index contributed by atoms with van der Waals surface area (Å²) in [5.41, 5.74) is 6.00. The Morgan fingerprint density at radius 3 is 2.70 bits per heavy atom. The van der Waals surface area contributed by atoms with Gasteiger partial charge in [0.15, 0.2) is 0 Å². The summed E-state index contributed by atoms with van der Waals surface area (Å²) in [5, 5.41) is 0.189. The molecule has 6 nitrogen and oxygen atoms in total. The summed E-state index contributed by atoms with van der Waals surface area (Å²) < 4.78 is 31.9. The van der Waals surface area contributed by atoms with Gasteiger partial charge in [0.1, 0.15) is 21.6 Å². The highest BCUT2D eigenvalue weighted by molar-refractivity contribution is 7.92. The van der Waals surface area contributed by atoms with E-state index in [1.165, 1.54) is 31.4 Å². The van der Waals surface area contributed by atoms with Crippen LogP contribution in [0.5, 0.6) is 5.75 Å². The maximum Gasteiger partial charge on any atom is 0.266 e. The second kappa shape index (κ2) is 5.56. The van der Waals surface area contributed by atoms with Gasteiger partial charge in [-0.25, -0.2) is 13.4 Å². The number of hydrogen-bond donors (Lipinski definition) is 2. The van der Waals surface area contributed by atoms with Gasteiger partial charge in [0, 0.05) is 11.8 Å². The lowest BCUT2D eigenvalue weighted by atomic mass is 10.3. The molecule has 0 amide bonds. The number of hydrogen-bond acceptors (Lipinski definition) is 5. The molecule has 0 aliphatic heterocycles. The van der Waals surface area contributed by atoms with Crippen molar-refractivity contribution in [3.8, 4) is 5.75 Å². The van der Waals surface area contributed by atoms with Crippen molar-refractivity contribution in [3.05, 3.63) is 41.6 Å². The smallest absolute Gasteiger partial charge is 0.266 e. The average molecular weight is 314 g/mol. The van der Waals surface area contributed by atoms with Crippen molar-refractivity contribution in [3.63, 3.8) is 0 Å². The Labute approximate surface area is 121 Å². The average Bonchev–Trinajstić information content (AvgIpc) is 2.37. The number of benzene rings is 1. The molecular formula is C12H12ClN3O3S. The van der Waals surface area contributed by atoms with E-state index in [-0.39, 0.29) is 21.6 Å². The highest BCUT2D eigenvalue weighted by Gasteiger charge is 2.20. The first-order valence-electron chi connectivity index (χ1n) is 5.51. The van der Waals surface area contributed by atoms with Crippen LogP contribution in [0.25, 0.3) is 0 Å². The van der Waals surface area contributed by atoms with Crippen LogP contribution in [-0.2, 0) is 10.0 Å². The topological polar surface area (TPSA) is 94.3 Å². The van der Waals surface area contributed by atoms with Crippen molar-refractivity contribution in [2.24, 2.45) is 0 Å². The SMILES string of the molecule is COc1cc(N)ccc1S(=O)(=O)Nc1cccc(Cl)n1. The summed E-state index contributed by atoms with van der Waals surface area (Å²) in [5.74, 6) is 0.274. The van der Waals surface area contributed by atoms with Gasteiger partial charge in [0.05, 0.1) is 7.11 Å². The molecule has 2 rings (SSSR count). The standard InChI is InChI=1S/C12H12ClN3O3S/c1-19-9-7-8(14)5-6-10(9)20(17,18)16-12-4-2-3-11(13)15-12/h2-7H,14H2,1H3,(H,15,16). The van der Waals surface area contributed by atoms with Gasteiger partial charge < -0.3 is 10.5 Å². The summed E-state index contributed by atoms with van der Waals surface area (Å²) in [6.07, 6.45) is 0. The first kappa shape index (κ1) is 14.4. The van der Waals surface area contributed by atoms with Crippen LogP contribution >= 0.6 is 11.6 Å². The van der Waals surface area contributed by atoms with Crippen LogP contribution in [0.15, 0.2) is 41.3 Å². The van der Waals surface area contributed by atoms with Crippen LogP contribution in [0.2, 0.25) is 5.15 Å². The lowest BCUT2D eigenvalue weighted by Crippen LogP contribution is -2.15. The van der Waals surface area contributed by atoms with Crippen molar-refractivity contribution in [1.82, 2.24) is 4.98 Å². The Bertz CT molecular complexity index is 734. The van der Waals surface area contributed by atoms with E-state index in [9.17, 15) is 8.42 Å². The van der Waals surface area contributed by atoms with Crippen molar-refractivity contribution in [2.75, 3.05) is 17.6 Å². The van der Waals surface area contributed by atoms with Crippen LogP contribution in [0.3, 0.4) is 0 Å². The zero-order chi connectivity index (χ0) is 14.8. The molecule has 0 saturated carbocycles. The number of sulfonamides is 1. The molecule has 0 aliphatic carbocycles. The summed E-state index contributed by atoms with van der Waals surface area (Å²) >= 11 is 5.71. The third-order valence-electron chi connectivity index (χ3n) is 2.43. The number of anilines is 2. The fourth-order valence-corrected chi connectivity index (χ4v) is 2.88. The van der Waals surface area contributed by atoms with Crippen molar-refractivity contribution in [2.45, 2.75) is 4.90 Å². The normalized spacial score (nSPS) is 11.1. The monoisotopic (exact) mass is 313 g/mol. The first-order chi connectivity index (χ1) is 9.42. The van der Waals surface area contributed by atoms with Gasteiger partial charge in [-0.1, -0.05) is 17.7 Å². The number of nitrogens with zero attached hydrogens (tertiary/aromatic N) is 1. The Morgan fingerprint density at radius 1 is 1.30 bits per heavy atom. The van der Waals surface area contributed by atoms with Crippen LogP contribution in [0, 0.1) is 0 Å². The molecule has 0 aliphatic rings. The molecule has 1 aromatic carbocycles. The van der Waals surface area contributed by atoms with Crippen LogP contribution in [-0.4, -0.2) is 20.5 Å². The van der Waals surface area contributed by atoms with Crippen molar-refractivity contribution in [1.29, 1.82) is 0 Å². The highest BCUT2D eigenvalue weighted by Crippen LogP contribution is 2.27. The van der Waals surface area contributed by atoms with Gasteiger partial charge in [-0.3, -0.25) is 4.72 Å². The molecule has 2 aromatic rings. The molecular weight excluding hydrogens is 302 g/mol. The number of nitrogen functional groups attached to an aromatic ring is 1. The molecule has 3 N–H and O–H groups in total. The quantitative estimate of drug-likeness (QED) is 0.666. The second-order valence-corrected chi connectivity index (χ2v) is 5.90. The second-order valence-electron chi connectivity index (χ2n) is 3.86. The molecule has 106 valence electrons. The third kappa shape index (κ3) is 3.12. The summed E-state index contributed by atoms with van der Waals surface area (Å²) in [6.45, 7) is 0. The summed E-state index contributed by atoms with van der Waals surface area (Å²) in [6, 6.07) is 8.90. The lowest BCUT2D eigenvalue weighted by molar-refractivity contribution is 0.403. The van der Waals surface area contributed by atoms with Gasteiger partial charge in [-0.05, 0) is 24.3 Å². The number of ether oxygens (including phenoxy) is 1. The van der Waals surface area contributed by atoms with Gasteiger partial charge in [-0.15, -0.1) is 0 Å². The number of nitrogens with two attached hydrogens (primary N) is 1. The molecule has 1 aromatic heterocycles. The number of methoxy groups -OCH3 is 1. The minimum Gasteiger partial charge on any atom is -0.495 e. The number of pyridine rings is 1. The molecule has 0 atom stereocenters. The summed E-state index contributed by atoms with van der Waals surface area (Å²) in [7, 11) is -2.47. The maximum atomic E-state index is 12.3. The number of nitrogens with one attached hydrogen (secondary N) is 1. The predicted octanol–water partition coefficient (Wildman–Crippen LogP) is 2.13. The van der Waals surface area contributed by atoms with Gasteiger partial charge in [0.25, 0.3) is 10.0 Å². The van der Waals surface area contributed by atoms with E-state index in [0.29, 0.717) is 5.69 Å². The van der Waals surface area contributed by atoms with Gasteiger partial charge in [-0.2, -0.15) is 0 Å². The molecule has 0 spiro atoms. The molecule has 0 saturated heterocycles. The van der Waals surface area contributed by atoms with Crippen LogP contribution < -0.4 is 15.2 Å². The fraction of sp³-hybridized carbons (Fsp3) is 0.0833. The molecule has 20 heavy (non-hydrogen) atoms. The highest BCUT2D eigenvalue weighted by atomic mass is 35.5. The molecule has 0 unspecified atom stereocenters. The summed E-state index contributed by atoms with van der Waals surface area (Å²) in [4.78, 5) is 3.84. The predicted molar refractivity (Wildman–Crippen MR) is 77.5 cm³/mol. The largest absolute Gasteiger partial charge is 0.495 e. The van der Waals surface area contributed by atoms with E-state index in [1.54, 1.807) is 12.1 Å². The molecule has 1 heterocycles. The zero-order valence-corrected chi connectivity index (χ0v) is 12.1. The molecule has 8 heteroatoms. The minimum absolute atomic E-state index is 0.0315. The number of halogens is 1. The third-order valence-corrected chi connectivity index (χ3v) is 4.04. The van der Waals surface area contributed by atoms with E-state index in [1.807, 2.05) is 0 Å².